The van der Waals surface area contributed by atoms with Crippen molar-refractivity contribution < 1.29 is 8.92 Å². The van der Waals surface area contributed by atoms with Gasteiger partial charge in [0.25, 0.3) is 0 Å². The Morgan fingerprint density at radius 3 is 1.81 bits per heavy atom. The van der Waals surface area contributed by atoms with E-state index < -0.39 is 0 Å². The third-order valence-electron chi connectivity index (χ3n) is 3.92. The molecule has 0 aliphatic carbocycles. The molecule has 0 aliphatic heterocycles. The predicted octanol–water partition coefficient (Wildman–Crippen LogP) is 7.04. The molecule has 2 aromatic carbocycles. The maximum atomic E-state index is 6.14. The summed E-state index contributed by atoms with van der Waals surface area (Å²) in [7, 11) is 0. The highest BCUT2D eigenvalue weighted by Crippen LogP contribution is 2.34. The second-order valence-corrected chi connectivity index (χ2v) is 10.1. The van der Waals surface area contributed by atoms with Gasteiger partial charge in [0.1, 0.15) is 4.93 Å². The van der Waals surface area contributed by atoms with Gasteiger partial charge in [0.2, 0.25) is 0 Å². The predicted molar refractivity (Wildman–Crippen MR) is 114 cm³/mol. The van der Waals surface area contributed by atoms with Crippen LogP contribution in [0.4, 0.5) is 0 Å². The Morgan fingerprint density at radius 2 is 1.27 bits per heavy atom. The maximum absolute atomic E-state index is 6.14. The van der Waals surface area contributed by atoms with Crippen molar-refractivity contribution in [3.8, 4) is 0 Å². The molecule has 0 amide bonds. The largest absolute Gasteiger partial charge is 0.364 e. The van der Waals surface area contributed by atoms with Crippen LogP contribution in [-0.2, 0) is 8.92 Å². The Kier molecular flexibility index (Phi) is 7.65. The standard InChI is InChI=1S/C22H30O2S2/c1-17-7-11-19(12-8-17)25-22(5,6)23-16-15-21(3,4)24-26-20-13-9-18(2)10-14-20/h7-14H,15-16H2,1-6H3. The molecule has 0 saturated carbocycles. The van der Waals surface area contributed by atoms with Gasteiger partial charge in [0.05, 0.1) is 12.2 Å². The van der Waals surface area contributed by atoms with E-state index in [0.29, 0.717) is 6.61 Å². The second-order valence-electron chi connectivity index (χ2n) is 7.65. The number of hydrogen-bond donors (Lipinski definition) is 0. The maximum Gasteiger partial charge on any atom is 0.112 e. The van der Waals surface area contributed by atoms with Crippen LogP contribution in [0.1, 0.15) is 45.2 Å². The summed E-state index contributed by atoms with van der Waals surface area (Å²) < 4.78 is 12.2. The molecule has 0 fully saturated rings. The molecule has 2 nitrogen and oxygen atoms in total. The normalized spacial score (nSPS) is 12.4. The van der Waals surface area contributed by atoms with Crippen molar-refractivity contribution in [2.24, 2.45) is 0 Å². The van der Waals surface area contributed by atoms with E-state index in [0.717, 1.165) is 11.3 Å². The Balaban J connectivity index is 1.76. The Hall–Kier alpha value is -0.940. The van der Waals surface area contributed by atoms with E-state index in [1.54, 1.807) is 11.8 Å². The topological polar surface area (TPSA) is 18.5 Å². The fourth-order valence-electron chi connectivity index (χ4n) is 2.26. The smallest absolute Gasteiger partial charge is 0.112 e. The van der Waals surface area contributed by atoms with Crippen LogP contribution in [0.25, 0.3) is 0 Å². The van der Waals surface area contributed by atoms with Crippen LogP contribution in [0.2, 0.25) is 0 Å². The average Bonchev–Trinajstić information content (AvgIpc) is 2.56. The number of rotatable bonds is 9. The fourth-order valence-corrected chi connectivity index (χ4v) is 3.89. The van der Waals surface area contributed by atoms with Crippen molar-refractivity contribution in [2.45, 2.75) is 68.3 Å². The van der Waals surface area contributed by atoms with Gasteiger partial charge in [-0.25, -0.2) is 0 Å². The van der Waals surface area contributed by atoms with Crippen LogP contribution in [-0.4, -0.2) is 17.1 Å². The van der Waals surface area contributed by atoms with Gasteiger partial charge in [-0.1, -0.05) is 47.2 Å². The van der Waals surface area contributed by atoms with E-state index in [-0.39, 0.29) is 10.5 Å². The number of aryl methyl sites for hydroxylation is 2. The van der Waals surface area contributed by atoms with Gasteiger partial charge >= 0.3 is 0 Å². The van der Waals surface area contributed by atoms with Gasteiger partial charge in [-0.2, -0.15) is 0 Å². The van der Waals surface area contributed by atoms with E-state index in [9.17, 15) is 0 Å². The molecule has 0 N–H and O–H groups in total. The Bertz CT molecular complexity index is 676. The van der Waals surface area contributed by atoms with Crippen LogP contribution < -0.4 is 0 Å². The molecule has 2 aromatic rings. The Morgan fingerprint density at radius 1 is 0.769 bits per heavy atom. The molecule has 0 atom stereocenters. The van der Waals surface area contributed by atoms with E-state index >= 15 is 0 Å². The van der Waals surface area contributed by atoms with Gasteiger partial charge in [0, 0.05) is 28.3 Å². The fraction of sp³-hybridized carbons (Fsp3) is 0.455. The lowest BCUT2D eigenvalue weighted by Gasteiger charge is -2.28. The lowest BCUT2D eigenvalue weighted by molar-refractivity contribution is 0.0150. The zero-order valence-corrected chi connectivity index (χ0v) is 18.3. The summed E-state index contributed by atoms with van der Waals surface area (Å²) in [6.45, 7) is 13.3. The molecular formula is C22H30O2S2. The van der Waals surface area contributed by atoms with Crippen LogP contribution >= 0.6 is 23.8 Å². The lowest BCUT2D eigenvalue weighted by atomic mass is 10.1. The highest BCUT2D eigenvalue weighted by molar-refractivity contribution is 8.00. The van der Waals surface area contributed by atoms with Gasteiger partial charge in [-0.3, -0.25) is 0 Å². The first-order valence-corrected chi connectivity index (χ1v) is 10.5. The minimum absolute atomic E-state index is 0.250. The number of hydrogen-bond acceptors (Lipinski definition) is 4. The number of benzene rings is 2. The average molecular weight is 391 g/mol. The third-order valence-corrected chi connectivity index (χ3v) is 6.04. The number of thioether (sulfide) groups is 1. The molecule has 0 bridgehead atoms. The van der Waals surface area contributed by atoms with Gasteiger partial charge in [-0.15, -0.1) is 0 Å². The molecule has 2 rings (SSSR count). The summed E-state index contributed by atoms with van der Waals surface area (Å²) in [5.74, 6) is 0. The molecule has 26 heavy (non-hydrogen) atoms. The van der Waals surface area contributed by atoms with Crippen molar-refractivity contribution in [1.82, 2.24) is 0 Å². The quantitative estimate of drug-likeness (QED) is 0.259. The van der Waals surface area contributed by atoms with Crippen molar-refractivity contribution >= 4 is 23.8 Å². The van der Waals surface area contributed by atoms with E-state index in [1.807, 2.05) is 0 Å². The van der Waals surface area contributed by atoms with Gasteiger partial charge in [0.15, 0.2) is 0 Å². The summed E-state index contributed by atoms with van der Waals surface area (Å²) in [6.07, 6.45) is 0.837. The molecule has 142 valence electrons. The first-order valence-electron chi connectivity index (χ1n) is 8.97. The molecule has 4 heteroatoms. The van der Waals surface area contributed by atoms with Crippen molar-refractivity contribution in [3.05, 3.63) is 59.7 Å². The van der Waals surface area contributed by atoms with Crippen LogP contribution in [0.3, 0.4) is 0 Å². The van der Waals surface area contributed by atoms with Crippen molar-refractivity contribution in [1.29, 1.82) is 0 Å². The molecule has 0 heterocycles. The van der Waals surface area contributed by atoms with E-state index in [4.69, 9.17) is 8.92 Å². The molecule has 0 unspecified atom stereocenters. The second kappa shape index (κ2) is 9.32. The lowest BCUT2D eigenvalue weighted by Crippen LogP contribution is -2.27. The zero-order chi connectivity index (χ0) is 19.2. The summed E-state index contributed by atoms with van der Waals surface area (Å²) >= 11 is 3.19. The summed E-state index contributed by atoms with van der Waals surface area (Å²) in [4.78, 5) is 2.08. The van der Waals surface area contributed by atoms with E-state index in [1.165, 1.54) is 28.1 Å². The van der Waals surface area contributed by atoms with Crippen molar-refractivity contribution in [2.75, 3.05) is 6.61 Å². The van der Waals surface area contributed by atoms with Gasteiger partial charge < -0.3 is 8.92 Å². The van der Waals surface area contributed by atoms with E-state index in [2.05, 4.69) is 90.1 Å². The first-order chi connectivity index (χ1) is 12.2. The number of ether oxygens (including phenoxy) is 1. The summed E-state index contributed by atoms with van der Waals surface area (Å²) in [5.41, 5.74) is 2.29. The van der Waals surface area contributed by atoms with Crippen LogP contribution in [0, 0.1) is 13.8 Å². The molecule has 0 aromatic heterocycles. The molecule has 0 spiro atoms. The van der Waals surface area contributed by atoms with Crippen LogP contribution in [0.15, 0.2) is 58.3 Å². The summed E-state index contributed by atoms with van der Waals surface area (Å²) in [5, 5.41) is 0. The summed E-state index contributed by atoms with van der Waals surface area (Å²) in [6, 6.07) is 17.0. The molecule has 0 aliphatic rings. The first kappa shape index (κ1) is 21.4. The Labute approximate surface area is 167 Å². The van der Waals surface area contributed by atoms with Crippen molar-refractivity contribution in [3.63, 3.8) is 0 Å². The highest BCUT2D eigenvalue weighted by atomic mass is 32.2. The van der Waals surface area contributed by atoms with Crippen LogP contribution in [0.5, 0.6) is 0 Å². The minimum atomic E-state index is -0.268. The monoisotopic (exact) mass is 390 g/mol. The highest BCUT2D eigenvalue weighted by Gasteiger charge is 2.24. The zero-order valence-electron chi connectivity index (χ0n) is 16.7. The third kappa shape index (κ3) is 7.75. The SMILES string of the molecule is Cc1ccc(SOC(C)(C)CCOC(C)(C)Sc2ccc(C)cc2)cc1. The molecular weight excluding hydrogens is 360 g/mol. The molecule has 0 radical (unpaired) electrons. The van der Waals surface area contributed by atoms with Gasteiger partial charge in [-0.05, 0) is 65.8 Å². The minimum Gasteiger partial charge on any atom is -0.364 e. The molecule has 0 saturated heterocycles.